The lowest BCUT2D eigenvalue weighted by molar-refractivity contribution is -0.152. The second-order valence-corrected chi connectivity index (χ2v) is 15.4. The number of fused-ring (bicyclic) bond motifs is 4. The predicted octanol–water partition coefficient (Wildman–Crippen LogP) is 5.71. The lowest BCUT2D eigenvalue weighted by Gasteiger charge is -2.46. The third-order valence-electron chi connectivity index (χ3n) is 9.88. The summed E-state index contributed by atoms with van der Waals surface area (Å²) in [5.41, 5.74) is 3.57. The average Bonchev–Trinajstić information content (AvgIpc) is 3.11. The number of amides is 1. The number of thiol groups is 1. The molecule has 1 saturated carbocycles. The van der Waals surface area contributed by atoms with Crippen molar-refractivity contribution in [1.29, 1.82) is 0 Å². The molecule has 2 bridgehead atoms. The largest absolute Gasteiger partial charge is 0.490 e. The molecule has 1 unspecified atom stereocenters. The van der Waals surface area contributed by atoms with Gasteiger partial charge in [0.15, 0.2) is 0 Å². The summed E-state index contributed by atoms with van der Waals surface area (Å²) in [6.45, 7) is 4.21. The lowest BCUT2D eigenvalue weighted by Crippen LogP contribution is -2.50. The summed E-state index contributed by atoms with van der Waals surface area (Å²) in [5.74, 6) is 0.866. The first-order valence-corrected chi connectivity index (χ1v) is 17.9. The molecular weight excluding hydrogens is 610 g/mol. The van der Waals surface area contributed by atoms with Crippen molar-refractivity contribution in [3.63, 3.8) is 0 Å². The molecule has 4 aliphatic rings. The molecule has 6 rings (SSSR count). The van der Waals surface area contributed by atoms with E-state index in [0.29, 0.717) is 24.3 Å². The van der Waals surface area contributed by atoms with Crippen LogP contribution in [0.15, 0.2) is 52.9 Å². The van der Waals surface area contributed by atoms with Crippen LogP contribution >= 0.6 is 11.6 Å². The van der Waals surface area contributed by atoms with Gasteiger partial charge in [-0.1, -0.05) is 30.7 Å². The molecular formula is C35H44ClN3O5S. The smallest absolute Gasteiger partial charge is 0.320 e. The molecule has 0 radical (unpaired) electrons. The van der Waals surface area contributed by atoms with Crippen LogP contribution in [0.4, 0.5) is 5.69 Å². The number of carbonyl (C=O) groups is 2. The number of hydrogen-bond donors (Lipinski definition) is 1. The Morgan fingerprint density at radius 3 is 2.84 bits per heavy atom. The monoisotopic (exact) mass is 653 g/mol. The number of allylic oxidation sites excluding steroid dienone is 1. The number of likely N-dealkylation sites (N-methyl/N-ethyl adjacent to an activating group) is 1. The van der Waals surface area contributed by atoms with Crippen LogP contribution in [0, 0.1) is 17.8 Å². The molecule has 1 spiro atoms. The summed E-state index contributed by atoms with van der Waals surface area (Å²) in [6.07, 6.45) is 9.40. The molecule has 1 fully saturated rings. The van der Waals surface area contributed by atoms with Crippen molar-refractivity contribution in [2.24, 2.45) is 22.1 Å². The quantitative estimate of drug-likeness (QED) is 0.258. The highest BCUT2D eigenvalue weighted by Crippen LogP contribution is 2.47. The maximum atomic E-state index is 13.3. The van der Waals surface area contributed by atoms with Gasteiger partial charge in [-0.15, -0.1) is 0 Å². The fraction of sp³-hybridized carbons (Fsp3) is 0.543. The minimum atomic E-state index is -2.06. The average molecular weight is 654 g/mol. The van der Waals surface area contributed by atoms with Crippen molar-refractivity contribution in [1.82, 2.24) is 4.90 Å². The third-order valence-corrected chi connectivity index (χ3v) is 11.5. The van der Waals surface area contributed by atoms with Gasteiger partial charge in [-0.3, -0.25) is 18.7 Å². The van der Waals surface area contributed by atoms with E-state index in [1.165, 1.54) is 11.1 Å². The van der Waals surface area contributed by atoms with E-state index < -0.39 is 16.5 Å². The minimum absolute atomic E-state index is 0.0602. The molecule has 0 aromatic heterocycles. The molecule has 45 heavy (non-hydrogen) atoms. The van der Waals surface area contributed by atoms with E-state index in [-0.39, 0.29) is 41.8 Å². The van der Waals surface area contributed by atoms with Crippen molar-refractivity contribution < 1.29 is 23.3 Å². The number of carbonyl (C=O) groups excluding carboxylic acids is 2. The maximum absolute atomic E-state index is 13.3. The molecule has 2 aliphatic carbocycles. The molecule has 8 nitrogen and oxygen atoms in total. The van der Waals surface area contributed by atoms with E-state index in [4.69, 9.17) is 21.1 Å². The summed E-state index contributed by atoms with van der Waals surface area (Å²) in [6, 6.07) is 11.7. The van der Waals surface area contributed by atoms with Gasteiger partial charge in [0.05, 0.1) is 18.8 Å². The van der Waals surface area contributed by atoms with Crippen LogP contribution in [-0.4, -0.2) is 73.2 Å². The Bertz CT molecular complexity index is 1570. The van der Waals surface area contributed by atoms with Crippen LogP contribution in [0.2, 0.25) is 5.02 Å². The van der Waals surface area contributed by atoms with Crippen LogP contribution in [0.25, 0.3) is 0 Å². The number of nitrogens with zero attached hydrogens (tertiary/aromatic N) is 3. The molecule has 0 saturated heterocycles. The van der Waals surface area contributed by atoms with Gasteiger partial charge in [0.25, 0.3) is 5.91 Å². The Morgan fingerprint density at radius 1 is 1.22 bits per heavy atom. The normalized spacial score (nSPS) is 31.0. The fourth-order valence-electron chi connectivity index (χ4n) is 7.49. The van der Waals surface area contributed by atoms with Gasteiger partial charge in [0.1, 0.15) is 11.9 Å². The molecule has 2 aliphatic heterocycles. The number of anilines is 1. The Kier molecular flexibility index (Phi) is 9.60. The Hall–Kier alpha value is -2.88. The molecule has 0 N–H and O–H groups in total. The first kappa shape index (κ1) is 32.1. The predicted molar refractivity (Wildman–Crippen MR) is 179 cm³/mol. The Morgan fingerprint density at radius 2 is 2.07 bits per heavy atom. The van der Waals surface area contributed by atoms with Crippen molar-refractivity contribution in [2.75, 3.05) is 51.0 Å². The molecule has 242 valence electrons. The van der Waals surface area contributed by atoms with E-state index in [2.05, 4.69) is 21.4 Å². The number of halogens is 1. The second-order valence-electron chi connectivity index (χ2n) is 13.7. The van der Waals surface area contributed by atoms with Crippen molar-refractivity contribution in [3.8, 4) is 5.75 Å². The van der Waals surface area contributed by atoms with Gasteiger partial charge in [-0.05, 0) is 112 Å². The summed E-state index contributed by atoms with van der Waals surface area (Å²) in [7, 11) is 1.66. The standard InChI is InChI=1S/C35H44ClN3O5S/c1-23-6-4-8-31(44-33(40)19-38(2)3)28-12-9-26(28)18-39-21-35(15-5-7-24-16-27(36)11-13-29(24)35)22-43-32-14-10-25(17-30(32)39)34(41)37-45(42)20-23/h4,8,10-11,13-14,16-17,23,26,28,31,45H,5-7,9,12,15,18-22H2,1-3H3/b8-4+/t23-,26-,28+,31-,35-/m0/s1. The molecule has 1 amide bonds. The number of ether oxygens (including phenoxy) is 2. The van der Waals surface area contributed by atoms with Crippen molar-refractivity contribution in [3.05, 3.63) is 70.3 Å². The van der Waals surface area contributed by atoms with Crippen LogP contribution in [0.5, 0.6) is 5.75 Å². The summed E-state index contributed by atoms with van der Waals surface area (Å²) in [4.78, 5) is 30.3. The van der Waals surface area contributed by atoms with E-state index >= 15 is 0 Å². The van der Waals surface area contributed by atoms with E-state index in [9.17, 15) is 13.8 Å². The topological polar surface area (TPSA) is 88.5 Å². The molecule has 2 heterocycles. The summed E-state index contributed by atoms with van der Waals surface area (Å²) < 4.78 is 29.7. The zero-order valence-electron chi connectivity index (χ0n) is 26.4. The van der Waals surface area contributed by atoms with Gasteiger partial charge in [-0.25, -0.2) is 0 Å². The Balaban J connectivity index is 1.40. The van der Waals surface area contributed by atoms with Crippen LogP contribution < -0.4 is 9.64 Å². The molecule has 10 heteroatoms. The van der Waals surface area contributed by atoms with Crippen LogP contribution in [0.1, 0.15) is 60.5 Å². The zero-order chi connectivity index (χ0) is 31.7. The van der Waals surface area contributed by atoms with Gasteiger partial charge in [-0.2, -0.15) is 4.36 Å². The lowest BCUT2D eigenvalue weighted by atomic mass is 9.68. The zero-order valence-corrected chi connectivity index (χ0v) is 28.1. The molecule has 2 aromatic carbocycles. The summed E-state index contributed by atoms with van der Waals surface area (Å²) in [5, 5.41) is 0.744. The van der Waals surface area contributed by atoms with E-state index in [0.717, 1.165) is 61.7 Å². The highest BCUT2D eigenvalue weighted by molar-refractivity contribution is 7.75. The van der Waals surface area contributed by atoms with Gasteiger partial charge < -0.3 is 14.4 Å². The number of benzene rings is 2. The van der Waals surface area contributed by atoms with Crippen LogP contribution in [-0.2, 0) is 32.0 Å². The molecule has 6 atom stereocenters. The maximum Gasteiger partial charge on any atom is 0.320 e. The fourth-order valence-corrected chi connectivity index (χ4v) is 8.76. The van der Waals surface area contributed by atoms with Gasteiger partial charge in [0, 0.05) is 51.4 Å². The SMILES string of the molecule is C[C@H]1C/C=C/[C@H](OC(=O)CN(C)C)[C@@H]2CC[C@H]2CN2C[C@@]3(CCCc4cc(Cl)ccc43)COc3ccc(cc32)C(=O)/N=[SH](=O)\C1. The van der Waals surface area contributed by atoms with E-state index in [1.54, 1.807) is 6.07 Å². The van der Waals surface area contributed by atoms with Gasteiger partial charge in [0.2, 0.25) is 0 Å². The molecule has 2 aromatic rings. The van der Waals surface area contributed by atoms with Crippen molar-refractivity contribution >= 4 is 39.8 Å². The minimum Gasteiger partial charge on any atom is -0.490 e. The van der Waals surface area contributed by atoms with Gasteiger partial charge >= 0.3 is 5.97 Å². The second kappa shape index (κ2) is 13.5. The number of rotatable bonds is 3. The van der Waals surface area contributed by atoms with E-state index in [1.807, 2.05) is 56.3 Å². The highest BCUT2D eigenvalue weighted by atomic mass is 35.5. The number of esters is 1. The number of hydrogen-bond acceptors (Lipinski definition) is 7. The third kappa shape index (κ3) is 7.10. The highest BCUT2D eigenvalue weighted by Gasteiger charge is 2.45. The van der Waals surface area contributed by atoms with Crippen LogP contribution in [0.3, 0.4) is 0 Å². The Labute approximate surface area is 273 Å². The van der Waals surface area contributed by atoms with Crippen molar-refractivity contribution in [2.45, 2.75) is 57.0 Å². The number of aryl methyl sites for hydroxylation is 1. The first-order chi connectivity index (χ1) is 21.6. The summed E-state index contributed by atoms with van der Waals surface area (Å²) >= 11 is 6.43. The first-order valence-electron chi connectivity index (χ1n) is 16.1.